The third kappa shape index (κ3) is 2.81. The molecule has 0 saturated carbocycles. The number of carbonyl (C=O) groups excluding carboxylic acids is 1. The topological polar surface area (TPSA) is 64.3 Å². The predicted octanol–water partition coefficient (Wildman–Crippen LogP) is 2.27. The smallest absolute Gasteiger partial charge is 0.251 e. The molecule has 4 nitrogen and oxygen atoms in total. The van der Waals surface area contributed by atoms with Gasteiger partial charge < -0.3 is 15.8 Å². The van der Waals surface area contributed by atoms with Crippen molar-refractivity contribution < 1.29 is 9.53 Å². The highest BCUT2D eigenvalue weighted by molar-refractivity contribution is 7.09. The lowest BCUT2D eigenvalue weighted by Gasteiger charge is -2.09. The van der Waals surface area contributed by atoms with Gasteiger partial charge in [0.1, 0.15) is 12.4 Å². The summed E-state index contributed by atoms with van der Waals surface area (Å²) in [5.41, 5.74) is 6.84. The van der Waals surface area contributed by atoms with Crippen molar-refractivity contribution in [3.63, 3.8) is 0 Å². The largest absolute Gasteiger partial charge is 0.486 e. The lowest BCUT2D eigenvalue weighted by Crippen LogP contribution is -2.17. The minimum Gasteiger partial charge on any atom is -0.486 e. The Labute approximate surface area is 109 Å². The van der Waals surface area contributed by atoms with Crippen LogP contribution in [-0.4, -0.2) is 13.0 Å². The highest BCUT2D eigenvalue weighted by Gasteiger charge is 2.07. The van der Waals surface area contributed by atoms with Crippen LogP contribution >= 0.6 is 11.3 Å². The first-order chi connectivity index (χ1) is 8.70. The number of ether oxygens (including phenoxy) is 1. The van der Waals surface area contributed by atoms with Gasteiger partial charge in [-0.3, -0.25) is 4.79 Å². The Hall–Kier alpha value is -2.01. The van der Waals surface area contributed by atoms with E-state index < -0.39 is 0 Å². The standard InChI is InChI=1S/C13H14N2O2S/c1-15-13(16)9-4-5-12(11(14)7-9)17-8-10-3-2-6-18-10/h2-7H,8,14H2,1H3,(H,15,16). The molecule has 1 aromatic carbocycles. The first-order valence-electron chi connectivity index (χ1n) is 5.47. The highest BCUT2D eigenvalue weighted by atomic mass is 32.1. The molecule has 0 aliphatic heterocycles. The minimum atomic E-state index is -0.161. The van der Waals surface area contributed by atoms with E-state index in [1.165, 1.54) is 0 Å². The van der Waals surface area contributed by atoms with Gasteiger partial charge in [0.05, 0.1) is 5.69 Å². The van der Waals surface area contributed by atoms with Gasteiger partial charge in [-0.25, -0.2) is 0 Å². The van der Waals surface area contributed by atoms with E-state index in [9.17, 15) is 4.79 Å². The minimum absolute atomic E-state index is 0.161. The van der Waals surface area contributed by atoms with Crippen LogP contribution in [0.25, 0.3) is 0 Å². The molecule has 0 bridgehead atoms. The molecule has 2 rings (SSSR count). The van der Waals surface area contributed by atoms with Gasteiger partial charge in [-0.2, -0.15) is 0 Å². The van der Waals surface area contributed by atoms with Crippen molar-refractivity contribution in [3.8, 4) is 5.75 Å². The number of rotatable bonds is 4. The summed E-state index contributed by atoms with van der Waals surface area (Å²) < 4.78 is 5.60. The quantitative estimate of drug-likeness (QED) is 0.831. The highest BCUT2D eigenvalue weighted by Crippen LogP contribution is 2.24. The number of nitrogen functional groups attached to an aromatic ring is 1. The number of nitrogens with one attached hydrogen (secondary N) is 1. The average Bonchev–Trinajstić information content (AvgIpc) is 2.89. The normalized spacial score (nSPS) is 10.1. The molecule has 18 heavy (non-hydrogen) atoms. The SMILES string of the molecule is CNC(=O)c1ccc(OCc2cccs2)c(N)c1. The van der Waals surface area contributed by atoms with E-state index in [4.69, 9.17) is 10.5 Å². The lowest BCUT2D eigenvalue weighted by atomic mass is 10.2. The summed E-state index contributed by atoms with van der Waals surface area (Å²) in [6.07, 6.45) is 0. The molecular formula is C13H14N2O2S. The van der Waals surface area contributed by atoms with Crippen LogP contribution < -0.4 is 15.8 Å². The summed E-state index contributed by atoms with van der Waals surface area (Å²) in [5.74, 6) is 0.433. The lowest BCUT2D eigenvalue weighted by molar-refractivity contribution is 0.0963. The van der Waals surface area contributed by atoms with E-state index in [2.05, 4.69) is 5.32 Å². The van der Waals surface area contributed by atoms with Gasteiger partial charge in [0.25, 0.3) is 5.91 Å². The molecule has 0 saturated heterocycles. The number of benzene rings is 1. The van der Waals surface area contributed by atoms with Gasteiger partial charge in [0.15, 0.2) is 0 Å². The molecule has 94 valence electrons. The third-order valence-corrected chi connectivity index (χ3v) is 3.30. The van der Waals surface area contributed by atoms with Crippen LogP contribution in [0.2, 0.25) is 0 Å². The number of carbonyl (C=O) groups is 1. The molecule has 5 heteroatoms. The van der Waals surface area contributed by atoms with Gasteiger partial charge >= 0.3 is 0 Å². The Kier molecular flexibility index (Phi) is 3.84. The van der Waals surface area contributed by atoms with Crippen LogP contribution in [0.5, 0.6) is 5.75 Å². The molecule has 0 atom stereocenters. The number of anilines is 1. The molecule has 2 aromatic rings. The second-order valence-electron chi connectivity index (χ2n) is 3.70. The van der Waals surface area contributed by atoms with Crippen molar-refractivity contribution in [3.05, 3.63) is 46.2 Å². The van der Waals surface area contributed by atoms with Gasteiger partial charge in [-0.1, -0.05) is 6.07 Å². The summed E-state index contributed by atoms with van der Waals surface area (Å²) in [6, 6.07) is 9.00. The zero-order valence-electron chi connectivity index (χ0n) is 9.97. The maximum absolute atomic E-state index is 11.4. The second kappa shape index (κ2) is 5.55. The Balaban J connectivity index is 2.08. The molecule has 0 aliphatic carbocycles. The van der Waals surface area contributed by atoms with E-state index in [-0.39, 0.29) is 5.91 Å². The molecule has 1 amide bonds. The Morgan fingerprint density at radius 3 is 2.89 bits per heavy atom. The van der Waals surface area contributed by atoms with Crippen LogP contribution in [0, 0.1) is 0 Å². The van der Waals surface area contributed by atoms with Crippen LogP contribution in [0.4, 0.5) is 5.69 Å². The first kappa shape index (κ1) is 12.4. The molecule has 0 unspecified atom stereocenters. The van der Waals surface area contributed by atoms with Crippen molar-refractivity contribution in [2.75, 3.05) is 12.8 Å². The van der Waals surface area contributed by atoms with E-state index in [0.717, 1.165) is 4.88 Å². The molecule has 0 spiro atoms. The molecule has 0 radical (unpaired) electrons. The molecule has 1 heterocycles. The van der Waals surface area contributed by atoms with Crippen molar-refractivity contribution in [1.29, 1.82) is 0 Å². The maximum atomic E-state index is 11.4. The molecule has 1 aromatic heterocycles. The fourth-order valence-electron chi connectivity index (χ4n) is 1.51. The van der Waals surface area contributed by atoms with Gasteiger partial charge in [0.2, 0.25) is 0 Å². The second-order valence-corrected chi connectivity index (χ2v) is 4.73. The van der Waals surface area contributed by atoms with Gasteiger partial charge in [-0.15, -0.1) is 11.3 Å². The predicted molar refractivity (Wildman–Crippen MR) is 72.9 cm³/mol. The number of hydrogen-bond donors (Lipinski definition) is 2. The van der Waals surface area contributed by atoms with Crippen molar-refractivity contribution in [2.45, 2.75) is 6.61 Å². The van der Waals surface area contributed by atoms with E-state index >= 15 is 0 Å². The fourth-order valence-corrected chi connectivity index (χ4v) is 2.13. The molecule has 0 fully saturated rings. The van der Waals surface area contributed by atoms with Crippen LogP contribution in [-0.2, 0) is 6.61 Å². The third-order valence-electron chi connectivity index (χ3n) is 2.45. The van der Waals surface area contributed by atoms with E-state index in [0.29, 0.717) is 23.6 Å². The molecular weight excluding hydrogens is 248 g/mol. The zero-order valence-corrected chi connectivity index (χ0v) is 10.8. The zero-order chi connectivity index (χ0) is 13.0. The Morgan fingerprint density at radius 1 is 1.44 bits per heavy atom. The average molecular weight is 262 g/mol. The fraction of sp³-hybridized carbons (Fsp3) is 0.154. The van der Waals surface area contributed by atoms with Crippen LogP contribution in [0.15, 0.2) is 35.7 Å². The number of amides is 1. The van der Waals surface area contributed by atoms with Crippen LogP contribution in [0.3, 0.4) is 0 Å². The summed E-state index contributed by atoms with van der Waals surface area (Å²) in [5, 5.41) is 4.55. The van der Waals surface area contributed by atoms with E-state index in [1.54, 1.807) is 36.6 Å². The summed E-state index contributed by atoms with van der Waals surface area (Å²) >= 11 is 1.63. The number of thiophene rings is 1. The van der Waals surface area contributed by atoms with Crippen LogP contribution in [0.1, 0.15) is 15.2 Å². The summed E-state index contributed by atoms with van der Waals surface area (Å²) in [4.78, 5) is 12.5. The number of nitrogens with two attached hydrogens (primary N) is 1. The van der Waals surface area contributed by atoms with Crippen molar-refractivity contribution in [2.24, 2.45) is 0 Å². The van der Waals surface area contributed by atoms with Gasteiger partial charge in [-0.05, 0) is 29.6 Å². The summed E-state index contributed by atoms with van der Waals surface area (Å²) in [7, 11) is 1.58. The monoisotopic (exact) mass is 262 g/mol. The first-order valence-corrected chi connectivity index (χ1v) is 6.35. The summed E-state index contributed by atoms with van der Waals surface area (Å²) in [6.45, 7) is 0.487. The maximum Gasteiger partial charge on any atom is 0.251 e. The van der Waals surface area contributed by atoms with Crippen molar-refractivity contribution >= 4 is 22.9 Å². The van der Waals surface area contributed by atoms with Gasteiger partial charge in [0, 0.05) is 17.5 Å². The Bertz CT molecular complexity index is 538. The molecule has 0 aliphatic rings. The number of hydrogen-bond acceptors (Lipinski definition) is 4. The van der Waals surface area contributed by atoms with E-state index in [1.807, 2.05) is 17.5 Å². The Morgan fingerprint density at radius 2 is 2.28 bits per heavy atom. The molecule has 3 N–H and O–H groups in total. The van der Waals surface area contributed by atoms with Crippen molar-refractivity contribution in [1.82, 2.24) is 5.32 Å².